The van der Waals surface area contributed by atoms with Gasteiger partial charge in [0, 0.05) is 45.0 Å². The minimum atomic E-state index is -0.930. The van der Waals surface area contributed by atoms with E-state index in [1.165, 1.54) is 4.90 Å². The molecule has 11 heteroatoms. The fourth-order valence-electron chi connectivity index (χ4n) is 4.28. The van der Waals surface area contributed by atoms with E-state index in [4.69, 9.17) is 4.74 Å². The third-order valence-electron chi connectivity index (χ3n) is 6.28. The molecule has 0 bridgehead atoms. The summed E-state index contributed by atoms with van der Waals surface area (Å²) < 4.78 is 5.84. The molecule has 0 spiro atoms. The van der Waals surface area contributed by atoms with Gasteiger partial charge in [0.15, 0.2) is 17.2 Å². The van der Waals surface area contributed by atoms with E-state index < -0.39 is 5.60 Å². The topological polar surface area (TPSA) is 112 Å². The molecule has 0 saturated carbocycles. The molecule has 2 aliphatic rings. The van der Waals surface area contributed by atoms with Crippen LogP contribution in [-0.2, 0) is 4.79 Å². The van der Waals surface area contributed by atoms with Crippen molar-refractivity contribution >= 4 is 40.8 Å². The molecule has 2 N–H and O–H groups in total. The van der Waals surface area contributed by atoms with Gasteiger partial charge in [-0.05, 0) is 52.1 Å². The molecule has 188 valence electrons. The van der Waals surface area contributed by atoms with Gasteiger partial charge >= 0.3 is 0 Å². The standard InChI is InChI=1S/C25H31N9O2/c1-16-14-20(29-19-8-7-18-22(30-19)33(5)23(35)25(2,3)36-18)31-24(27-16)28-17-6-9-21(26-15-17)34-12-10-32(4)11-13-34/h6-9,14-15H,10-13H2,1-5H3,(H2,27,28,29,30,31). The van der Waals surface area contributed by atoms with Crippen molar-refractivity contribution in [2.24, 2.45) is 0 Å². The molecule has 0 atom stereocenters. The van der Waals surface area contributed by atoms with Crippen LogP contribution in [0.15, 0.2) is 36.5 Å². The molecule has 5 heterocycles. The van der Waals surface area contributed by atoms with Crippen LogP contribution in [0.3, 0.4) is 0 Å². The number of pyridine rings is 2. The smallest absolute Gasteiger partial charge is 0.271 e. The maximum Gasteiger partial charge on any atom is 0.271 e. The largest absolute Gasteiger partial charge is 0.474 e. The highest BCUT2D eigenvalue weighted by Crippen LogP contribution is 2.36. The summed E-state index contributed by atoms with van der Waals surface area (Å²) in [4.78, 5) is 37.0. The second kappa shape index (κ2) is 9.23. The summed E-state index contributed by atoms with van der Waals surface area (Å²) in [5, 5.41) is 6.45. The third-order valence-corrected chi connectivity index (χ3v) is 6.28. The van der Waals surface area contributed by atoms with Crippen molar-refractivity contribution in [3.63, 3.8) is 0 Å². The first-order valence-corrected chi connectivity index (χ1v) is 12.0. The van der Waals surface area contributed by atoms with Gasteiger partial charge in [-0.25, -0.2) is 15.0 Å². The fourth-order valence-corrected chi connectivity index (χ4v) is 4.28. The van der Waals surface area contributed by atoms with Crippen molar-refractivity contribution in [2.75, 3.05) is 60.7 Å². The first-order chi connectivity index (χ1) is 17.2. The lowest BCUT2D eigenvalue weighted by Gasteiger charge is -2.36. The number of piperazine rings is 1. The molecular weight excluding hydrogens is 458 g/mol. The minimum absolute atomic E-state index is 0.156. The molecule has 0 aliphatic carbocycles. The van der Waals surface area contributed by atoms with Gasteiger partial charge in [-0.15, -0.1) is 0 Å². The molecule has 0 unspecified atom stereocenters. The summed E-state index contributed by atoms with van der Waals surface area (Å²) in [5.41, 5.74) is 0.656. The van der Waals surface area contributed by atoms with Crippen LogP contribution >= 0.6 is 0 Å². The highest BCUT2D eigenvalue weighted by atomic mass is 16.5. The molecule has 2 aliphatic heterocycles. The number of anilines is 6. The molecule has 1 saturated heterocycles. The predicted octanol–water partition coefficient (Wildman–Crippen LogP) is 2.95. The molecule has 1 fully saturated rings. The lowest BCUT2D eigenvalue weighted by molar-refractivity contribution is -0.132. The van der Waals surface area contributed by atoms with Crippen LogP contribution in [0.25, 0.3) is 0 Å². The zero-order valence-electron chi connectivity index (χ0n) is 21.2. The van der Waals surface area contributed by atoms with E-state index in [1.807, 2.05) is 25.1 Å². The van der Waals surface area contributed by atoms with Crippen LogP contribution in [0.4, 0.5) is 34.9 Å². The lowest BCUT2D eigenvalue weighted by Crippen LogP contribution is -2.51. The van der Waals surface area contributed by atoms with Crippen molar-refractivity contribution in [1.29, 1.82) is 0 Å². The number of likely N-dealkylation sites (N-methyl/N-ethyl adjacent to an activating group) is 2. The average Bonchev–Trinajstić information content (AvgIpc) is 2.84. The number of ether oxygens (including phenoxy) is 1. The van der Waals surface area contributed by atoms with Crippen LogP contribution in [0.5, 0.6) is 5.75 Å². The van der Waals surface area contributed by atoms with Gasteiger partial charge in [0.2, 0.25) is 5.95 Å². The molecule has 0 aromatic carbocycles. The number of hydrogen-bond acceptors (Lipinski definition) is 10. The van der Waals surface area contributed by atoms with Gasteiger partial charge in [0.25, 0.3) is 5.91 Å². The number of aromatic nitrogens is 4. The molecule has 1 amide bonds. The monoisotopic (exact) mass is 489 g/mol. The van der Waals surface area contributed by atoms with Crippen LogP contribution < -0.4 is 25.2 Å². The highest BCUT2D eigenvalue weighted by Gasteiger charge is 2.40. The quantitative estimate of drug-likeness (QED) is 0.555. The van der Waals surface area contributed by atoms with Gasteiger partial charge in [-0.3, -0.25) is 9.69 Å². The van der Waals surface area contributed by atoms with E-state index in [2.05, 4.69) is 47.4 Å². The molecular formula is C25H31N9O2. The molecule has 3 aromatic heterocycles. The van der Waals surface area contributed by atoms with Gasteiger partial charge in [0.1, 0.15) is 17.5 Å². The molecule has 5 rings (SSSR count). The van der Waals surface area contributed by atoms with Crippen molar-refractivity contribution < 1.29 is 9.53 Å². The van der Waals surface area contributed by atoms with Crippen molar-refractivity contribution in [2.45, 2.75) is 26.4 Å². The van der Waals surface area contributed by atoms with Crippen LogP contribution in [-0.4, -0.2) is 76.6 Å². The summed E-state index contributed by atoms with van der Waals surface area (Å²) in [6.45, 7) is 9.39. The Hall–Kier alpha value is -3.99. The number of nitrogens with zero attached hydrogens (tertiary/aromatic N) is 7. The number of rotatable bonds is 5. The lowest BCUT2D eigenvalue weighted by atomic mass is 10.1. The molecule has 0 radical (unpaired) electrons. The highest BCUT2D eigenvalue weighted by molar-refractivity contribution is 6.01. The second-order valence-electron chi connectivity index (χ2n) is 9.66. The Labute approximate surface area is 210 Å². The Morgan fingerprint density at radius 2 is 1.72 bits per heavy atom. The van der Waals surface area contributed by atoms with Gasteiger partial charge < -0.3 is 25.2 Å². The Morgan fingerprint density at radius 3 is 2.44 bits per heavy atom. The Balaban J connectivity index is 1.30. The summed E-state index contributed by atoms with van der Waals surface area (Å²) in [5.74, 6) is 3.39. The van der Waals surface area contributed by atoms with E-state index in [9.17, 15) is 4.79 Å². The summed E-state index contributed by atoms with van der Waals surface area (Å²) >= 11 is 0. The normalized spacial score (nSPS) is 17.4. The van der Waals surface area contributed by atoms with Gasteiger partial charge in [-0.1, -0.05) is 0 Å². The predicted molar refractivity (Wildman–Crippen MR) is 140 cm³/mol. The third kappa shape index (κ3) is 4.87. The summed E-state index contributed by atoms with van der Waals surface area (Å²) in [6.07, 6.45) is 1.80. The minimum Gasteiger partial charge on any atom is -0.474 e. The number of carbonyl (C=O) groups excluding carboxylic acids is 1. The molecule has 36 heavy (non-hydrogen) atoms. The zero-order valence-corrected chi connectivity index (χ0v) is 21.2. The van der Waals surface area contributed by atoms with E-state index in [-0.39, 0.29) is 5.91 Å². The number of nitrogens with one attached hydrogen (secondary N) is 2. The molecule has 3 aromatic rings. The van der Waals surface area contributed by atoms with Crippen molar-refractivity contribution in [3.05, 3.63) is 42.2 Å². The van der Waals surface area contributed by atoms with Gasteiger partial charge in [-0.2, -0.15) is 4.98 Å². The van der Waals surface area contributed by atoms with Crippen LogP contribution in [0, 0.1) is 6.92 Å². The number of hydrogen-bond donors (Lipinski definition) is 2. The average molecular weight is 490 g/mol. The van der Waals surface area contributed by atoms with Gasteiger partial charge in [0.05, 0.1) is 11.9 Å². The first kappa shape index (κ1) is 23.7. The zero-order chi connectivity index (χ0) is 25.4. The van der Waals surface area contributed by atoms with E-state index in [0.717, 1.165) is 43.4 Å². The Bertz CT molecular complexity index is 1270. The van der Waals surface area contributed by atoms with E-state index in [1.54, 1.807) is 39.2 Å². The fraction of sp³-hybridized carbons (Fsp3) is 0.400. The Kier molecular flexibility index (Phi) is 6.09. The number of fused-ring (bicyclic) bond motifs is 1. The van der Waals surface area contributed by atoms with E-state index in [0.29, 0.717) is 29.2 Å². The summed E-state index contributed by atoms with van der Waals surface area (Å²) in [7, 11) is 3.83. The number of carbonyl (C=O) groups is 1. The number of aryl methyl sites for hydroxylation is 1. The van der Waals surface area contributed by atoms with Crippen LogP contribution in [0.1, 0.15) is 19.5 Å². The second-order valence-corrected chi connectivity index (χ2v) is 9.66. The Morgan fingerprint density at radius 1 is 0.944 bits per heavy atom. The summed E-state index contributed by atoms with van der Waals surface area (Å²) in [6, 6.07) is 9.43. The van der Waals surface area contributed by atoms with Crippen molar-refractivity contribution in [3.8, 4) is 5.75 Å². The SMILES string of the molecule is Cc1cc(Nc2ccc3c(n2)N(C)C(=O)C(C)(C)O3)nc(Nc2ccc(N3CCN(C)CC3)nc2)n1. The van der Waals surface area contributed by atoms with Crippen LogP contribution in [0.2, 0.25) is 0 Å². The number of amides is 1. The van der Waals surface area contributed by atoms with E-state index >= 15 is 0 Å². The molecule has 11 nitrogen and oxygen atoms in total. The van der Waals surface area contributed by atoms with Crippen molar-refractivity contribution in [1.82, 2.24) is 24.8 Å². The maximum atomic E-state index is 12.6. The first-order valence-electron chi connectivity index (χ1n) is 12.0. The maximum absolute atomic E-state index is 12.6.